The standard InChI is InChI=1S/C19H18N4O5S/c1-13(24)18(19(25)22-26)23-29(27,28)17-11-8-15(12-21-17)5-3-2-4-14-6-9-16(20)10-7-14/h6-13,18,23-24,26H,20H2,1H3,(H,22,25)/t13-,18+/m1/s1. The van der Waals surface area contributed by atoms with Crippen LogP contribution >= 0.6 is 0 Å². The average Bonchev–Trinajstić information content (AvgIpc) is 2.70. The number of nitrogens with zero attached hydrogens (tertiary/aromatic N) is 1. The number of nitrogens with two attached hydrogens (primary N) is 1. The number of hydrogen-bond donors (Lipinski definition) is 5. The average molecular weight is 414 g/mol. The van der Waals surface area contributed by atoms with Crippen molar-refractivity contribution in [3.8, 4) is 23.7 Å². The Bertz CT molecular complexity index is 1090. The van der Waals surface area contributed by atoms with Crippen LogP contribution < -0.4 is 15.9 Å². The van der Waals surface area contributed by atoms with Gasteiger partial charge in [0.1, 0.15) is 6.04 Å². The van der Waals surface area contributed by atoms with E-state index in [1.165, 1.54) is 30.7 Å². The van der Waals surface area contributed by atoms with Crippen LogP contribution in [0, 0.1) is 23.7 Å². The second-order valence-corrected chi connectivity index (χ2v) is 7.48. The smallest absolute Gasteiger partial charge is 0.264 e. The number of hydrogen-bond acceptors (Lipinski definition) is 7. The molecule has 1 aromatic carbocycles. The third kappa shape index (κ3) is 6.31. The number of aromatic nitrogens is 1. The molecule has 2 aromatic rings. The van der Waals surface area contributed by atoms with Crippen molar-refractivity contribution in [1.29, 1.82) is 0 Å². The third-order valence-corrected chi connectivity index (χ3v) is 4.91. The number of hydroxylamine groups is 1. The molecule has 0 saturated carbocycles. The van der Waals surface area contributed by atoms with E-state index in [2.05, 4.69) is 28.7 Å². The van der Waals surface area contributed by atoms with Gasteiger partial charge in [0.2, 0.25) is 0 Å². The van der Waals surface area contributed by atoms with E-state index in [0.717, 1.165) is 5.56 Å². The molecule has 1 aromatic heterocycles. The lowest BCUT2D eigenvalue weighted by molar-refractivity contribution is -0.133. The molecule has 6 N–H and O–H groups in total. The minimum absolute atomic E-state index is 0.382. The van der Waals surface area contributed by atoms with Gasteiger partial charge in [-0.1, -0.05) is 11.8 Å². The number of pyridine rings is 1. The van der Waals surface area contributed by atoms with Crippen LogP contribution in [0.2, 0.25) is 0 Å². The van der Waals surface area contributed by atoms with E-state index in [-0.39, 0.29) is 5.03 Å². The molecule has 29 heavy (non-hydrogen) atoms. The van der Waals surface area contributed by atoms with E-state index in [1.54, 1.807) is 24.3 Å². The Hall–Kier alpha value is -3.41. The van der Waals surface area contributed by atoms with Crippen molar-refractivity contribution in [2.45, 2.75) is 24.1 Å². The van der Waals surface area contributed by atoms with Gasteiger partial charge in [0.05, 0.1) is 6.10 Å². The number of sulfonamides is 1. The van der Waals surface area contributed by atoms with Gasteiger partial charge >= 0.3 is 0 Å². The summed E-state index contributed by atoms with van der Waals surface area (Å²) in [5.74, 6) is 9.76. The van der Waals surface area contributed by atoms with Gasteiger partial charge in [0.15, 0.2) is 5.03 Å². The lowest BCUT2D eigenvalue weighted by Gasteiger charge is -2.18. The quantitative estimate of drug-likeness (QED) is 0.193. The Morgan fingerprint density at radius 1 is 1.10 bits per heavy atom. The predicted molar refractivity (Wildman–Crippen MR) is 105 cm³/mol. The van der Waals surface area contributed by atoms with Gasteiger partial charge in [-0.25, -0.2) is 18.9 Å². The van der Waals surface area contributed by atoms with Crippen molar-refractivity contribution < 1.29 is 23.5 Å². The van der Waals surface area contributed by atoms with Crippen LogP contribution in [0.4, 0.5) is 5.69 Å². The highest BCUT2D eigenvalue weighted by molar-refractivity contribution is 7.89. The molecule has 150 valence electrons. The second kappa shape index (κ2) is 9.68. The number of carbonyl (C=O) groups is 1. The summed E-state index contributed by atoms with van der Waals surface area (Å²) in [4.78, 5) is 15.3. The van der Waals surface area contributed by atoms with E-state index in [9.17, 15) is 18.3 Å². The fourth-order valence-corrected chi connectivity index (χ4v) is 3.25. The molecule has 2 rings (SSSR count). The topological polar surface area (TPSA) is 155 Å². The van der Waals surface area contributed by atoms with Crippen molar-refractivity contribution in [3.63, 3.8) is 0 Å². The normalized spacial score (nSPS) is 12.5. The number of nitrogen functional groups attached to an aromatic ring is 1. The van der Waals surface area contributed by atoms with E-state index in [4.69, 9.17) is 10.9 Å². The fraction of sp³-hybridized carbons (Fsp3) is 0.158. The maximum atomic E-state index is 12.3. The molecular weight excluding hydrogens is 396 g/mol. The number of carbonyl (C=O) groups excluding carboxylic acids is 1. The first kappa shape index (κ1) is 21.9. The molecule has 0 fully saturated rings. The minimum atomic E-state index is -4.22. The highest BCUT2D eigenvalue weighted by atomic mass is 32.2. The molecule has 10 heteroatoms. The molecule has 0 aliphatic heterocycles. The molecule has 0 radical (unpaired) electrons. The van der Waals surface area contributed by atoms with Crippen LogP contribution in [0.5, 0.6) is 0 Å². The van der Waals surface area contributed by atoms with Gasteiger partial charge < -0.3 is 10.8 Å². The monoisotopic (exact) mass is 414 g/mol. The molecular formula is C19H18N4O5S. The van der Waals surface area contributed by atoms with Gasteiger partial charge in [-0.2, -0.15) is 4.72 Å². The van der Waals surface area contributed by atoms with Gasteiger partial charge in [-0.05, 0) is 55.2 Å². The zero-order valence-corrected chi connectivity index (χ0v) is 16.1. The van der Waals surface area contributed by atoms with Crippen LogP contribution in [0.25, 0.3) is 0 Å². The molecule has 1 heterocycles. The van der Waals surface area contributed by atoms with Crippen molar-refractivity contribution in [2.24, 2.45) is 0 Å². The zero-order valence-electron chi connectivity index (χ0n) is 15.2. The Morgan fingerprint density at radius 3 is 2.21 bits per heavy atom. The van der Waals surface area contributed by atoms with Crippen LogP contribution in [0.3, 0.4) is 0 Å². The summed E-state index contributed by atoms with van der Waals surface area (Å²) in [6.07, 6.45) is -0.155. The van der Waals surface area contributed by atoms with E-state index >= 15 is 0 Å². The minimum Gasteiger partial charge on any atom is -0.399 e. The predicted octanol–water partition coefficient (Wildman–Crippen LogP) is -0.400. The molecule has 2 atom stereocenters. The number of nitrogens with one attached hydrogen (secondary N) is 2. The summed E-state index contributed by atoms with van der Waals surface area (Å²) in [7, 11) is -4.22. The molecule has 1 amide bonds. The first-order valence-electron chi connectivity index (χ1n) is 8.21. The fourth-order valence-electron chi connectivity index (χ4n) is 2.05. The Labute approximate surface area is 168 Å². The second-order valence-electron chi connectivity index (χ2n) is 5.82. The lowest BCUT2D eigenvalue weighted by atomic mass is 10.2. The van der Waals surface area contributed by atoms with Crippen LogP contribution in [-0.2, 0) is 14.8 Å². The number of rotatable bonds is 5. The number of amides is 1. The summed E-state index contributed by atoms with van der Waals surface area (Å²) in [6, 6.07) is 7.99. The van der Waals surface area contributed by atoms with Crippen LogP contribution in [0.15, 0.2) is 47.6 Å². The number of aliphatic hydroxyl groups is 1. The highest BCUT2D eigenvalue weighted by Crippen LogP contribution is 2.08. The first-order valence-corrected chi connectivity index (χ1v) is 9.69. The van der Waals surface area contributed by atoms with Gasteiger partial charge in [0, 0.05) is 23.0 Å². The van der Waals surface area contributed by atoms with Crippen LogP contribution in [0.1, 0.15) is 18.1 Å². The molecule has 0 unspecified atom stereocenters. The SMILES string of the molecule is C[C@@H](O)[C@H](NS(=O)(=O)c1ccc(C#CC#Cc2ccc(N)cc2)cn1)C(=O)NO. The van der Waals surface area contributed by atoms with Gasteiger partial charge in [-0.15, -0.1) is 0 Å². The lowest BCUT2D eigenvalue weighted by Crippen LogP contribution is -2.51. The number of anilines is 1. The molecule has 0 bridgehead atoms. The number of aliphatic hydroxyl groups excluding tert-OH is 1. The zero-order chi connectivity index (χ0) is 21.4. The summed E-state index contributed by atoms with van der Waals surface area (Å²) in [6.45, 7) is 1.19. The van der Waals surface area contributed by atoms with E-state index in [1.807, 2.05) is 4.72 Å². The van der Waals surface area contributed by atoms with Crippen molar-refractivity contribution in [3.05, 3.63) is 53.7 Å². The molecule has 0 spiro atoms. The summed E-state index contributed by atoms with van der Waals surface area (Å²) in [5.41, 5.74) is 8.69. The number of benzene rings is 1. The molecule has 9 nitrogen and oxygen atoms in total. The summed E-state index contributed by atoms with van der Waals surface area (Å²) >= 11 is 0. The van der Waals surface area contributed by atoms with E-state index < -0.39 is 28.1 Å². The Balaban J connectivity index is 2.12. The molecule has 0 aliphatic carbocycles. The van der Waals surface area contributed by atoms with E-state index in [0.29, 0.717) is 11.3 Å². The Morgan fingerprint density at radius 2 is 1.69 bits per heavy atom. The summed E-state index contributed by atoms with van der Waals surface area (Å²) < 4.78 is 26.6. The van der Waals surface area contributed by atoms with Gasteiger partial charge in [0.25, 0.3) is 15.9 Å². The largest absolute Gasteiger partial charge is 0.399 e. The van der Waals surface area contributed by atoms with Gasteiger partial charge in [-0.3, -0.25) is 10.0 Å². The maximum Gasteiger partial charge on any atom is 0.264 e. The third-order valence-electron chi connectivity index (χ3n) is 3.56. The van der Waals surface area contributed by atoms with Crippen molar-refractivity contribution in [1.82, 2.24) is 15.2 Å². The van der Waals surface area contributed by atoms with Crippen molar-refractivity contribution in [2.75, 3.05) is 5.73 Å². The maximum absolute atomic E-state index is 12.3. The summed E-state index contributed by atoms with van der Waals surface area (Å²) in [5, 5.41) is 17.8. The van der Waals surface area contributed by atoms with Crippen LogP contribution in [-0.4, -0.2) is 41.8 Å². The molecule has 0 saturated heterocycles. The van der Waals surface area contributed by atoms with Crippen molar-refractivity contribution >= 4 is 21.6 Å². The Kier molecular flexibility index (Phi) is 7.31. The first-order chi connectivity index (χ1) is 13.7. The highest BCUT2D eigenvalue weighted by Gasteiger charge is 2.30. The molecule has 0 aliphatic rings.